The van der Waals surface area contributed by atoms with E-state index in [0.717, 1.165) is 31.4 Å². The molecule has 0 amide bonds. The first-order valence-corrected chi connectivity index (χ1v) is 8.28. The van der Waals surface area contributed by atoms with Crippen LogP contribution in [0.1, 0.15) is 36.9 Å². The molecule has 0 spiro atoms. The lowest BCUT2D eigenvalue weighted by molar-refractivity contribution is -0.0298. The summed E-state index contributed by atoms with van der Waals surface area (Å²) in [7, 11) is 0. The first kappa shape index (κ1) is 15.8. The van der Waals surface area contributed by atoms with E-state index < -0.39 is 5.95 Å². The standard InChI is InChI=1S/C18H18FN5O/c1-3-12-8-13(17(19)20-9-12)15-16-18(23-11(2)22-15)24(10-21-16)14-6-4-5-7-25-14/h3,8-10,14H,1,4-7H2,2H3. The number of fused-ring (bicyclic) bond motifs is 1. The van der Waals surface area contributed by atoms with Gasteiger partial charge in [-0.25, -0.2) is 19.9 Å². The molecule has 4 heterocycles. The lowest BCUT2D eigenvalue weighted by Crippen LogP contribution is -2.17. The Balaban J connectivity index is 1.91. The predicted molar refractivity (Wildman–Crippen MR) is 92.2 cm³/mol. The molecule has 1 fully saturated rings. The van der Waals surface area contributed by atoms with E-state index in [4.69, 9.17) is 4.74 Å². The van der Waals surface area contributed by atoms with E-state index >= 15 is 0 Å². The number of hydrogen-bond acceptors (Lipinski definition) is 5. The number of halogens is 1. The van der Waals surface area contributed by atoms with E-state index in [2.05, 4.69) is 26.5 Å². The molecular weight excluding hydrogens is 321 g/mol. The van der Waals surface area contributed by atoms with Gasteiger partial charge in [-0.1, -0.05) is 12.7 Å². The van der Waals surface area contributed by atoms with Crippen LogP contribution in [-0.2, 0) is 4.74 Å². The van der Waals surface area contributed by atoms with E-state index in [1.807, 2.05) is 4.57 Å². The number of hydrogen-bond donors (Lipinski definition) is 0. The second-order valence-electron chi connectivity index (χ2n) is 6.08. The molecule has 128 valence electrons. The van der Waals surface area contributed by atoms with Crippen LogP contribution in [0.2, 0.25) is 0 Å². The van der Waals surface area contributed by atoms with Gasteiger partial charge < -0.3 is 4.74 Å². The molecule has 0 saturated carbocycles. The van der Waals surface area contributed by atoms with Gasteiger partial charge >= 0.3 is 0 Å². The van der Waals surface area contributed by atoms with Gasteiger partial charge in [0.1, 0.15) is 23.3 Å². The van der Waals surface area contributed by atoms with Crippen LogP contribution >= 0.6 is 0 Å². The Morgan fingerprint density at radius 1 is 1.32 bits per heavy atom. The van der Waals surface area contributed by atoms with Crippen molar-refractivity contribution in [2.75, 3.05) is 6.61 Å². The van der Waals surface area contributed by atoms with Gasteiger partial charge in [0.15, 0.2) is 5.65 Å². The van der Waals surface area contributed by atoms with Gasteiger partial charge in [0, 0.05) is 12.8 Å². The molecule has 1 aliphatic heterocycles. The van der Waals surface area contributed by atoms with Crippen LogP contribution in [0, 0.1) is 12.9 Å². The van der Waals surface area contributed by atoms with Crippen LogP contribution in [0.15, 0.2) is 25.2 Å². The van der Waals surface area contributed by atoms with Crippen molar-refractivity contribution in [3.63, 3.8) is 0 Å². The summed E-state index contributed by atoms with van der Waals surface area (Å²) in [6.45, 7) is 6.21. The maximum atomic E-state index is 14.3. The summed E-state index contributed by atoms with van der Waals surface area (Å²) in [4.78, 5) is 17.2. The van der Waals surface area contributed by atoms with E-state index in [-0.39, 0.29) is 6.23 Å². The second kappa shape index (κ2) is 6.33. The van der Waals surface area contributed by atoms with Crippen LogP contribution in [0.4, 0.5) is 4.39 Å². The highest BCUT2D eigenvalue weighted by Gasteiger charge is 2.22. The summed E-state index contributed by atoms with van der Waals surface area (Å²) in [6, 6.07) is 1.67. The number of aryl methyl sites for hydroxylation is 1. The average molecular weight is 339 g/mol. The van der Waals surface area contributed by atoms with Gasteiger partial charge in [-0.05, 0) is 37.8 Å². The third kappa shape index (κ3) is 2.80. The highest BCUT2D eigenvalue weighted by molar-refractivity contribution is 5.87. The van der Waals surface area contributed by atoms with Crippen molar-refractivity contribution < 1.29 is 9.13 Å². The van der Waals surface area contributed by atoms with Crippen molar-refractivity contribution in [2.24, 2.45) is 0 Å². The molecule has 1 unspecified atom stereocenters. The van der Waals surface area contributed by atoms with Crippen LogP contribution in [0.3, 0.4) is 0 Å². The number of nitrogens with zero attached hydrogens (tertiary/aromatic N) is 5. The first-order valence-electron chi connectivity index (χ1n) is 8.28. The third-order valence-corrected chi connectivity index (χ3v) is 4.35. The summed E-state index contributed by atoms with van der Waals surface area (Å²) < 4.78 is 22.1. The highest BCUT2D eigenvalue weighted by atomic mass is 19.1. The molecule has 0 bridgehead atoms. The van der Waals surface area contributed by atoms with Gasteiger partial charge in [-0.3, -0.25) is 4.57 Å². The molecule has 0 aliphatic carbocycles. The highest BCUT2D eigenvalue weighted by Crippen LogP contribution is 2.31. The summed E-state index contributed by atoms with van der Waals surface area (Å²) in [5, 5.41) is 0. The molecule has 0 aromatic carbocycles. The van der Waals surface area contributed by atoms with E-state index in [1.54, 1.807) is 25.4 Å². The minimum absolute atomic E-state index is 0.0941. The summed E-state index contributed by atoms with van der Waals surface area (Å²) in [5.74, 6) is -0.0445. The van der Waals surface area contributed by atoms with Crippen molar-refractivity contribution in [1.82, 2.24) is 24.5 Å². The molecule has 6 nitrogen and oxygen atoms in total. The molecule has 25 heavy (non-hydrogen) atoms. The van der Waals surface area contributed by atoms with E-state index in [0.29, 0.717) is 28.2 Å². The van der Waals surface area contributed by atoms with Gasteiger partial charge in [-0.2, -0.15) is 4.39 Å². The zero-order chi connectivity index (χ0) is 17.4. The topological polar surface area (TPSA) is 65.7 Å². The molecule has 0 radical (unpaired) electrons. The fourth-order valence-corrected chi connectivity index (χ4v) is 3.11. The van der Waals surface area contributed by atoms with Crippen LogP contribution in [0.5, 0.6) is 0 Å². The molecule has 4 rings (SSSR count). The Morgan fingerprint density at radius 3 is 2.96 bits per heavy atom. The van der Waals surface area contributed by atoms with E-state index in [9.17, 15) is 4.39 Å². The minimum atomic E-state index is -0.589. The zero-order valence-corrected chi connectivity index (χ0v) is 13.9. The molecule has 0 N–H and O–H groups in total. The maximum absolute atomic E-state index is 14.3. The van der Waals surface area contributed by atoms with E-state index in [1.165, 1.54) is 6.20 Å². The molecule has 1 aliphatic rings. The van der Waals surface area contributed by atoms with Crippen molar-refractivity contribution in [2.45, 2.75) is 32.4 Å². The van der Waals surface area contributed by atoms with Gasteiger partial charge in [0.05, 0.1) is 11.9 Å². The Bertz CT molecular complexity index is 946. The molecule has 3 aromatic rings. The van der Waals surface area contributed by atoms with Crippen molar-refractivity contribution >= 4 is 17.2 Å². The summed E-state index contributed by atoms with van der Waals surface area (Å²) in [5.41, 5.74) is 2.64. The Kier molecular flexibility index (Phi) is 4.01. The second-order valence-corrected chi connectivity index (χ2v) is 6.08. The van der Waals surface area contributed by atoms with Crippen molar-refractivity contribution in [3.8, 4) is 11.3 Å². The first-order chi connectivity index (χ1) is 12.2. The summed E-state index contributed by atoms with van der Waals surface area (Å²) in [6.07, 6.45) is 7.73. The quantitative estimate of drug-likeness (QED) is 0.681. The van der Waals surface area contributed by atoms with Gasteiger partial charge in [0.25, 0.3) is 0 Å². The lowest BCUT2D eigenvalue weighted by Gasteiger charge is -2.23. The normalized spacial score (nSPS) is 17.8. The number of rotatable bonds is 3. The fourth-order valence-electron chi connectivity index (χ4n) is 3.11. The third-order valence-electron chi connectivity index (χ3n) is 4.35. The SMILES string of the molecule is C=Cc1cnc(F)c(-c2nc(C)nc3c2ncn3C2CCCCO2)c1. The molecule has 1 atom stereocenters. The van der Waals surface area contributed by atoms with Gasteiger partial charge in [0.2, 0.25) is 5.95 Å². The van der Waals surface area contributed by atoms with Crippen molar-refractivity contribution in [3.05, 3.63) is 42.5 Å². The van der Waals surface area contributed by atoms with Crippen LogP contribution in [0.25, 0.3) is 28.5 Å². The molecule has 3 aromatic heterocycles. The maximum Gasteiger partial charge on any atom is 0.222 e. The smallest absolute Gasteiger partial charge is 0.222 e. The number of pyridine rings is 1. The fraction of sp³-hybridized carbons (Fsp3) is 0.333. The van der Waals surface area contributed by atoms with Crippen molar-refractivity contribution in [1.29, 1.82) is 0 Å². The van der Waals surface area contributed by atoms with Crippen LogP contribution in [-0.4, -0.2) is 31.1 Å². The average Bonchev–Trinajstić information content (AvgIpc) is 3.06. The Morgan fingerprint density at radius 2 is 2.20 bits per heavy atom. The van der Waals surface area contributed by atoms with Crippen LogP contribution < -0.4 is 0 Å². The number of imidazole rings is 1. The number of ether oxygens (including phenoxy) is 1. The Hall–Kier alpha value is -2.67. The Labute approximate surface area is 144 Å². The molecule has 7 heteroatoms. The summed E-state index contributed by atoms with van der Waals surface area (Å²) >= 11 is 0. The van der Waals surface area contributed by atoms with Gasteiger partial charge in [-0.15, -0.1) is 0 Å². The number of aromatic nitrogens is 5. The minimum Gasteiger partial charge on any atom is -0.358 e. The lowest BCUT2D eigenvalue weighted by atomic mass is 10.1. The molecule has 1 saturated heterocycles. The zero-order valence-electron chi connectivity index (χ0n) is 13.9. The predicted octanol–water partition coefficient (Wildman–Crippen LogP) is 3.68. The molecular formula is C18H18FN5O. The largest absolute Gasteiger partial charge is 0.358 e. The monoisotopic (exact) mass is 339 g/mol.